The maximum atomic E-state index is 12.2. The molecule has 0 saturated carbocycles. The van der Waals surface area contributed by atoms with Gasteiger partial charge in [0.2, 0.25) is 0 Å². The Morgan fingerprint density at radius 3 is 2.73 bits per heavy atom. The van der Waals surface area contributed by atoms with Crippen LogP contribution >= 0.6 is 11.3 Å². The first kappa shape index (κ1) is 18.3. The van der Waals surface area contributed by atoms with Crippen LogP contribution < -0.4 is 5.32 Å². The van der Waals surface area contributed by atoms with Gasteiger partial charge < -0.3 is 4.74 Å². The number of fused-ring (bicyclic) bond motifs is 1. The summed E-state index contributed by atoms with van der Waals surface area (Å²) in [5.41, 5.74) is 1.60. The number of carbonyl (C=O) groups is 1. The standard InChI is InChI=1S/C18H15F3N2O2S/c1-11(25-10-18(19,20)21)16(24)23-17-22-15(9-26-17)14-8-4-6-12-5-2-3-7-13(12)14/h2-9,11H,10H2,1H3,(H,22,23,24). The van der Waals surface area contributed by atoms with E-state index in [1.54, 1.807) is 5.38 Å². The van der Waals surface area contributed by atoms with Crippen molar-refractivity contribution < 1.29 is 22.7 Å². The maximum absolute atomic E-state index is 12.2. The third-order valence-electron chi connectivity index (χ3n) is 3.67. The molecule has 0 bridgehead atoms. The van der Waals surface area contributed by atoms with Crippen LogP contribution in [0.1, 0.15) is 6.92 Å². The van der Waals surface area contributed by atoms with Crippen molar-refractivity contribution in [3.05, 3.63) is 47.8 Å². The Kier molecular flexibility index (Phi) is 5.24. The van der Waals surface area contributed by atoms with Crippen LogP contribution in [0.2, 0.25) is 0 Å². The number of amides is 1. The third kappa shape index (κ3) is 4.39. The van der Waals surface area contributed by atoms with Gasteiger partial charge in [0.05, 0.1) is 5.69 Å². The van der Waals surface area contributed by atoms with E-state index in [0.717, 1.165) is 16.3 Å². The van der Waals surface area contributed by atoms with Crippen molar-refractivity contribution >= 4 is 33.1 Å². The summed E-state index contributed by atoms with van der Waals surface area (Å²) in [6.07, 6.45) is -5.71. The molecule has 1 atom stereocenters. The van der Waals surface area contributed by atoms with E-state index < -0.39 is 24.8 Å². The topological polar surface area (TPSA) is 51.2 Å². The maximum Gasteiger partial charge on any atom is 0.411 e. The molecule has 0 radical (unpaired) electrons. The lowest BCUT2D eigenvalue weighted by Gasteiger charge is -2.13. The Morgan fingerprint density at radius 1 is 1.23 bits per heavy atom. The predicted molar refractivity (Wildman–Crippen MR) is 95.2 cm³/mol. The highest BCUT2D eigenvalue weighted by Gasteiger charge is 2.30. The first-order chi connectivity index (χ1) is 12.3. The highest BCUT2D eigenvalue weighted by atomic mass is 32.1. The van der Waals surface area contributed by atoms with Crippen LogP contribution in [0, 0.1) is 0 Å². The van der Waals surface area contributed by atoms with Gasteiger partial charge in [-0.05, 0) is 17.7 Å². The van der Waals surface area contributed by atoms with Crippen LogP contribution in [0.4, 0.5) is 18.3 Å². The van der Waals surface area contributed by atoms with Crippen molar-refractivity contribution in [3.8, 4) is 11.3 Å². The monoisotopic (exact) mass is 380 g/mol. The van der Waals surface area contributed by atoms with Gasteiger partial charge in [-0.15, -0.1) is 11.3 Å². The lowest BCUT2D eigenvalue weighted by molar-refractivity contribution is -0.184. The molecule has 2 aromatic carbocycles. The quantitative estimate of drug-likeness (QED) is 0.687. The molecule has 1 unspecified atom stereocenters. The predicted octanol–water partition coefficient (Wildman–Crippen LogP) is 4.87. The summed E-state index contributed by atoms with van der Waals surface area (Å²) >= 11 is 1.20. The normalized spacial score (nSPS) is 12.9. The highest BCUT2D eigenvalue weighted by Crippen LogP contribution is 2.31. The molecule has 1 amide bonds. The molecule has 0 spiro atoms. The second-order valence-corrected chi connectivity index (χ2v) is 6.48. The molecule has 0 aliphatic rings. The van der Waals surface area contributed by atoms with Crippen LogP contribution in [0.3, 0.4) is 0 Å². The molecule has 26 heavy (non-hydrogen) atoms. The third-order valence-corrected chi connectivity index (χ3v) is 4.42. The van der Waals surface area contributed by atoms with E-state index >= 15 is 0 Å². The lowest BCUT2D eigenvalue weighted by atomic mass is 10.0. The van der Waals surface area contributed by atoms with Crippen LogP contribution in [0.15, 0.2) is 47.8 Å². The number of halogens is 3. The fourth-order valence-electron chi connectivity index (χ4n) is 2.41. The van der Waals surface area contributed by atoms with Crippen molar-refractivity contribution in [1.82, 2.24) is 4.98 Å². The Bertz CT molecular complexity index is 919. The number of carbonyl (C=O) groups excluding carboxylic acids is 1. The van der Waals surface area contributed by atoms with Gasteiger partial charge in [-0.2, -0.15) is 13.2 Å². The van der Waals surface area contributed by atoms with Gasteiger partial charge in [-0.3, -0.25) is 10.1 Å². The van der Waals surface area contributed by atoms with E-state index in [4.69, 9.17) is 0 Å². The zero-order chi connectivity index (χ0) is 18.7. The number of aromatic nitrogens is 1. The average Bonchev–Trinajstić information content (AvgIpc) is 3.06. The largest absolute Gasteiger partial charge is 0.411 e. The Balaban J connectivity index is 1.73. The van der Waals surface area contributed by atoms with Gasteiger partial charge in [0, 0.05) is 10.9 Å². The van der Waals surface area contributed by atoms with Gasteiger partial charge in [0.15, 0.2) is 5.13 Å². The molecule has 0 saturated heterocycles. The van der Waals surface area contributed by atoms with Crippen LogP contribution in [0.25, 0.3) is 22.0 Å². The van der Waals surface area contributed by atoms with E-state index in [0.29, 0.717) is 10.8 Å². The van der Waals surface area contributed by atoms with Crippen molar-refractivity contribution in [1.29, 1.82) is 0 Å². The van der Waals surface area contributed by atoms with E-state index in [2.05, 4.69) is 15.0 Å². The van der Waals surface area contributed by atoms with E-state index in [1.807, 2.05) is 42.5 Å². The minimum Gasteiger partial charge on any atom is -0.359 e. The second kappa shape index (κ2) is 7.43. The second-order valence-electron chi connectivity index (χ2n) is 5.62. The molecular formula is C18H15F3N2O2S. The highest BCUT2D eigenvalue weighted by molar-refractivity contribution is 7.14. The minimum absolute atomic E-state index is 0.306. The Hall–Kier alpha value is -2.45. The summed E-state index contributed by atoms with van der Waals surface area (Å²) in [6.45, 7) is -0.207. The lowest BCUT2D eigenvalue weighted by Crippen LogP contribution is -2.31. The molecule has 1 N–H and O–H groups in total. The van der Waals surface area contributed by atoms with Crippen LogP contribution in [0.5, 0.6) is 0 Å². The summed E-state index contributed by atoms with van der Waals surface area (Å²) in [5, 5.41) is 6.68. The van der Waals surface area contributed by atoms with Crippen LogP contribution in [-0.4, -0.2) is 29.8 Å². The van der Waals surface area contributed by atoms with E-state index in [9.17, 15) is 18.0 Å². The first-order valence-corrected chi connectivity index (χ1v) is 8.64. The zero-order valence-corrected chi connectivity index (χ0v) is 14.5. The molecule has 1 aromatic heterocycles. The summed E-state index contributed by atoms with van der Waals surface area (Å²) in [7, 11) is 0. The number of rotatable bonds is 5. The zero-order valence-electron chi connectivity index (χ0n) is 13.7. The number of anilines is 1. The fraction of sp³-hybridized carbons (Fsp3) is 0.222. The smallest absolute Gasteiger partial charge is 0.359 e. The van der Waals surface area contributed by atoms with Crippen molar-refractivity contribution in [3.63, 3.8) is 0 Å². The van der Waals surface area contributed by atoms with Crippen LogP contribution in [-0.2, 0) is 9.53 Å². The summed E-state index contributed by atoms with van der Waals surface area (Å²) in [6, 6.07) is 13.7. The molecule has 0 aliphatic heterocycles. The number of nitrogens with zero attached hydrogens (tertiary/aromatic N) is 1. The number of hydrogen-bond acceptors (Lipinski definition) is 4. The molecule has 0 aliphatic carbocycles. The van der Waals surface area contributed by atoms with Gasteiger partial charge in [0.25, 0.3) is 5.91 Å². The van der Waals surface area contributed by atoms with Gasteiger partial charge in [0.1, 0.15) is 12.7 Å². The molecule has 3 aromatic rings. The molecule has 0 fully saturated rings. The number of alkyl halides is 3. The molecule has 1 heterocycles. The summed E-state index contributed by atoms with van der Waals surface area (Å²) in [5.74, 6) is -0.673. The Morgan fingerprint density at radius 2 is 1.96 bits per heavy atom. The van der Waals surface area contributed by atoms with E-state index in [1.165, 1.54) is 18.3 Å². The molecular weight excluding hydrogens is 365 g/mol. The average molecular weight is 380 g/mol. The number of benzene rings is 2. The van der Waals surface area contributed by atoms with Gasteiger partial charge >= 0.3 is 6.18 Å². The fourth-order valence-corrected chi connectivity index (χ4v) is 3.12. The number of nitrogens with one attached hydrogen (secondary N) is 1. The van der Waals surface area contributed by atoms with Crippen molar-refractivity contribution in [2.24, 2.45) is 0 Å². The molecule has 4 nitrogen and oxygen atoms in total. The SMILES string of the molecule is CC(OCC(F)(F)F)C(=O)Nc1nc(-c2cccc3ccccc23)cs1. The number of hydrogen-bond donors (Lipinski definition) is 1. The summed E-state index contributed by atoms with van der Waals surface area (Å²) < 4.78 is 41.0. The molecule has 136 valence electrons. The summed E-state index contributed by atoms with van der Waals surface area (Å²) in [4.78, 5) is 16.3. The number of thiazole rings is 1. The minimum atomic E-state index is -4.47. The first-order valence-electron chi connectivity index (χ1n) is 7.76. The van der Waals surface area contributed by atoms with Gasteiger partial charge in [-0.25, -0.2) is 4.98 Å². The van der Waals surface area contributed by atoms with E-state index in [-0.39, 0.29) is 0 Å². The van der Waals surface area contributed by atoms with Crippen molar-refractivity contribution in [2.45, 2.75) is 19.2 Å². The Labute approximate surface area is 151 Å². The molecule has 8 heteroatoms. The van der Waals surface area contributed by atoms with Crippen molar-refractivity contribution in [2.75, 3.05) is 11.9 Å². The molecule has 3 rings (SSSR count). The van der Waals surface area contributed by atoms with Gasteiger partial charge in [-0.1, -0.05) is 42.5 Å². The number of ether oxygens (including phenoxy) is 1.